The number of hydrogen-bond donors (Lipinski definition) is 0. The van der Waals surface area contributed by atoms with E-state index in [1.54, 1.807) is 40.1 Å². The van der Waals surface area contributed by atoms with Crippen molar-refractivity contribution >= 4 is 23.2 Å². The number of carbonyl (C=O) groups excluding carboxylic acids is 2. The van der Waals surface area contributed by atoms with Gasteiger partial charge in [-0.15, -0.1) is 0 Å². The average molecular weight is 310 g/mol. The molecule has 0 saturated carbocycles. The van der Waals surface area contributed by atoms with Crippen molar-refractivity contribution in [1.82, 2.24) is 0 Å². The Morgan fingerprint density at radius 1 is 1.00 bits per heavy atom. The van der Waals surface area contributed by atoms with E-state index in [9.17, 15) is 14.0 Å². The maximum Gasteiger partial charge on any atom is 0.262 e. The number of benzene rings is 2. The van der Waals surface area contributed by atoms with Crippen LogP contribution in [0, 0.1) is 5.82 Å². The number of carbonyl (C=O) groups is 2. The van der Waals surface area contributed by atoms with Gasteiger partial charge >= 0.3 is 0 Å². The number of fused-ring (bicyclic) bond motifs is 3. The van der Waals surface area contributed by atoms with Crippen LogP contribution in [0.1, 0.15) is 30.1 Å². The highest BCUT2D eigenvalue weighted by Crippen LogP contribution is 2.45. The van der Waals surface area contributed by atoms with Gasteiger partial charge in [0.15, 0.2) is 0 Å². The first-order chi connectivity index (χ1) is 11.0. The van der Waals surface area contributed by atoms with E-state index in [1.807, 2.05) is 13.0 Å². The van der Waals surface area contributed by atoms with Crippen molar-refractivity contribution in [3.05, 3.63) is 59.9 Å². The van der Waals surface area contributed by atoms with Crippen LogP contribution < -0.4 is 9.80 Å². The maximum absolute atomic E-state index is 13.2. The van der Waals surface area contributed by atoms with Gasteiger partial charge in [-0.1, -0.05) is 12.1 Å². The lowest BCUT2D eigenvalue weighted by Gasteiger charge is -2.48. The van der Waals surface area contributed by atoms with E-state index >= 15 is 0 Å². The number of hydrogen-bond acceptors (Lipinski definition) is 2. The zero-order valence-corrected chi connectivity index (χ0v) is 12.6. The largest absolute Gasteiger partial charge is 0.288 e. The maximum atomic E-state index is 13.2. The first-order valence-corrected chi connectivity index (χ1v) is 7.54. The van der Waals surface area contributed by atoms with Gasteiger partial charge in [-0.25, -0.2) is 4.39 Å². The number of amides is 2. The van der Waals surface area contributed by atoms with Gasteiger partial charge in [0.2, 0.25) is 5.91 Å². The summed E-state index contributed by atoms with van der Waals surface area (Å²) in [6, 6.07) is 12.9. The minimum Gasteiger partial charge on any atom is -0.288 e. The molecule has 1 fully saturated rings. The Kier molecular flexibility index (Phi) is 2.82. The Morgan fingerprint density at radius 2 is 1.70 bits per heavy atom. The van der Waals surface area contributed by atoms with Crippen LogP contribution in [0.4, 0.5) is 15.8 Å². The summed E-state index contributed by atoms with van der Waals surface area (Å²) in [5.74, 6) is -0.525. The Labute approximate surface area is 133 Å². The minimum absolute atomic E-state index is 0.000406. The van der Waals surface area contributed by atoms with Crippen molar-refractivity contribution in [2.24, 2.45) is 0 Å². The van der Waals surface area contributed by atoms with E-state index < -0.39 is 5.66 Å². The molecule has 2 aromatic carbocycles. The fourth-order valence-corrected chi connectivity index (χ4v) is 3.62. The molecule has 2 aliphatic rings. The molecule has 0 spiro atoms. The molecule has 0 radical (unpaired) electrons. The summed E-state index contributed by atoms with van der Waals surface area (Å²) in [4.78, 5) is 28.8. The van der Waals surface area contributed by atoms with E-state index in [2.05, 4.69) is 0 Å². The molecule has 0 aromatic heterocycles. The summed E-state index contributed by atoms with van der Waals surface area (Å²) in [6.45, 7) is 1.88. The normalized spacial score (nSPS) is 23.0. The molecule has 1 saturated heterocycles. The predicted molar refractivity (Wildman–Crippen MR) is 84.8 cm³/mol. The topological polar surface area (TPSA) is 40.6 Å². The molecule has 0 N–H and O–H groups in total. The number of rotatable bonds is 1. The van der Waals surface area contributed by atoms with Gasteiger partial charge in [0.05, 0.1) is 11.3 Å². The van der Waals surface area contributed by atoms with Crippen LogP contribution in [0.15, 0.2) is 48.5 Å². The smallest absolute Gasteiger partial charge is 0.262 e. The third-order valence-electron chi connectivity index (χ3n) is 4.69. The highest BCUT2D eigenvalue weighted by molar-refractivity contribution is 6.17. The van der Waals surface area contributed by atoms with Crippen LogP contribution in [0.5, 0.6) is 0 Å². The van der Waals surface area contributed by atoms with E-state index in [0.29, 0.717) is 29.8 Å². The summed E-state index contributed by atoms with van der Waals surface area (Å²) in [6.07, 6.45) is 0.930. The first-order valence-electron chi connectivity index (χ1n) is 7.54. The lowest BCUT2D eigenvalue weighted by molar-refractivity contribution is -0.117. The van der Waals surface area contributed by atoms with E-state index in [0.717, 1.165) is 0 Å². The SMILES string of the molecule is CC12CCC(=O)N1c1ccccc1C(=O)N2c1ccc(F)cc1. The molecule has 5 heteroatoms. The van der Waals surface area contributed by atoms with Crippen molar-refractivity contribution < 1.29 is 14.0 Å². The van der Waals surface area contributed by atoms with Crippen molar-refractivity contribution in [1.29, 1.82) is 0 Å². The first kappa shape index (κ1) is 13.9. The third kappa shape index (κ3) is 1.82. The molecule has 2 amide bonds. The Bertz CT molecular complexity index is 818. The van der Waals surface area contributed by atoms with Gasteiger partial charge < -0.3 is 0 Å². The fourth-order valence-electron chi connectivity index (χ4n) is 3.62. The second-order valence-electron chi connectivity index (χ2n) is 6.08. The Balaban J connectivity index is 1.95. The van der Waals surface area contributed by atoms with Gasteiger partial charge in [0, 0.05) is 12.1 Å². The van der Waals surface area contributed by atoms with Crippen LogP contribution >= 0.6 is 0 Å². The molecule has 23 heavy (non-hydrogen) atoms. The van der Waals surface area contributed by atoms with Gasteiger partial charge in [0.25, 0.3) is 5.91 Å². The number of nitrogens with zero attached hydrogens (tertiary/aromatic N) is 2. The molecule has 4 nitrogen and oxygen atoms in total. The molecule has 2 aromatic rings. The second-order valence-corrected chi connectivity index (χ2v) is 6.08. The highest BCUT2D eigenvalue weighted by atomic mass is 19.1. The van der Waals surface area contributed by atoms with Crippen LogP contribution in [-0.4, -0.2) is 17.5 Å². The molecular formula is C18H15FN2O2. The van der Waals surface area contributed by atoms with E-state index in [-0.39, 0.29) is 17.6 Å². The van der Waals surface area contributed by atoms with Crippen LogP contribution in [-0.2, 0) is 4.79 Å². The molecule has 116 valence electrons. The van der Waals surface area contributed by atoms with Crippen LogP contribution in [0.2, 0.25) is 0 Å². The predicted octanol–water partition coefficient (Wildman–Crippen LogP) is 3.33. The third-order valence-corrected chi connectivity index (χ3v) is 4.69. The highest BCUT2D eigenvalue weighted by Gasteiger charge is 2.53. The van der Waals surface area contributed by atoms with E-state index in [1.165, 1.54) is 12.1 Å². The molecule has 4 rings (SSSR count). The van der Waals surface area contributed by atoms with Crippen molar-refractivity contribution in [3.8, 4) is 0 Å². The molecule has 1 atom stereocenters. The van der Waals surface area contributed by atoms with Crippen molar-refractivity contribution in [2.75, 3.05) is 9.80 Å². The molecule has 1 unspecified atom stereocenters. The van der Waals surface area contributed by atoms with Crippen LogP contribution in [0.25, 0.3) is 0 Å². The standard InChI is InChI=1S/C18H15FN2O2/c1-18-11-10-16(22)21(18)15-5-3-2-4-14(15)17(23)20(18)13-8-6-12(19)7-9-13/h2-9H,10-11H2,1H3. The summed E-state index contributed by atoms with van der Waals surface area (Å²) in [5.41, 5.74) is 0.971. The Morgan fingerprint density at radius 3 is 2.43 bits per heavy atom. The summed E-state index contributed by atoms with van der Waals surface area (Å²) < 4.78 is 13.2. The van der Waals surface area contributed by atoms with Gasteiger partial charge in [-0.2, -0.15) is 0 Å². The summed E-state index contributed by atoms with van der Waals surface area (Å²) >= 11 is 0. The van der Waals surface area contributed by atoms with Crippen molar-refractivity contribution in [3.63, 3.8) is 0 Å². The molecule has 2 heterocycles. The monoisotopic (exact) mass is 310 g/mol. The van der Waals surface area contributed by atoms with Crippen LogP contribution in [0.3, 0.4) is 0 Å². The quantitative estimate of drug-likeness (QED) is 0.810. The van der Waals surface area contributed by atoms with E-state index in [4.69, 9.17) is 0 Å². The summed E-state index contributed by atoms with van der Waals surface area (Å²) in [5, 5.41) is 0. The number of halogens is 1. The minimum atomic E-state index is -0.764. The average Bonchev–Trinajstić information content (AvgIpc) is 2.85. The number of anilines is 2. The lowest BCUT2D eigenvalue weighted by Crippen LogP contribution is -2.62. The van der Waals surface area contributed by atoms with Gasteiger partial charge in [-0.3, -0.25) is 19.4 Å². The second kappa shape index (κ2) is 4.65. The fraction of sp³-hybridized carbons (Fsp3) is 0.222. The summed E-state index contributed by atoms with van der Waals surface area (Å²) in [7, 11) is 0. The van der Waals surface area contributed by atoms with Gasteiger partial charge in [-0.05, 0) is 49.7 Å². The van der Waals surface area contributed by atoms with Crippen molar-refractivity contribution in [2.45, 2.75) is 25.4 Å². The zero-order valence-electron chi connectivity index (χ0n) is 12.6. The zero-order chi connectivity index (χ0) is 16.2. The molecular weight excluding hydrogens is 295 g/mol. The lowest BCUT2D eigenvalue weighted by atomic mass is 9.97. The molecule has 0 aliphatic carbocycles. The van der Waals surface area contributed by atoms with Gasteiger partial charge in [0.1, 0.15) is 11.5 Å². The Hall–Kier alpha value is -2.69. The molecule has 2 aliphatic heterocycles. The number of para-hydroxylation sites is 1. The molecule has 0 bridgehead atoms.